The summed E-state index contributed by atoms with van der Waals surface area (Å²) in [6.07, 6.45) is 5.56. The van der Waals surface area contributed by atoms with Gasteiger partial charge in [0.15, 0.2) is 0 Å². The van der Waals surface area contributed by atoms with E-state index in [2.05, 4.69) is 10.0 Å². The van der Waals surface area contributed by atoms with Gasteiger partial charge in [-0.3, -0.25) is 0 Å². The summed E-state index contributed by atoms with van der Waals surface area (Å²) < 4.78 is 27.0. The zero-order chi connectivity index (χ0) is 13.7. The molecule has 0 fully saturated rings. The van der Waals surface area contributed by atoms with Crippen molar-refractivity contribution in [2.75, 3.05) is 6.54 Å². The van der Waals surface area contributed by atoms with Crippen molar-refractivity contribution >= 4 is 10.0 Å². The van der Waals surface area contributed by atoms with Crippen LogP contribution in [0.2, 0.25) is 0 Å². The Kier molecular flexibility index (Phi) is 4.74. The monoisotopic (exact) mass is 280 g/mol. The van der Waals surface area contributed by atoms with Crippen LogP contribution in [-0.2, 0) is 16.6 Å². The maximum Gasteiger partial charge on any atom is 0.240 e. The van der Waals surface area contributed by atoms with E-state index in [1.807, 2.05) is 31.2 Å². The van der Waals surface area contributed by atoms with Gasteiger partial charge in [-0.1, -0.05) is 31.2 Å². The molecule has 0 saturated heterocycles. The molecular weight excluding hydrogens is 260 g/mol. The first-order valence-corrected chi connectivity index (χ1v) is 8.07. The Bertz CT molecular complexity index is 527. The van der Waals surface area contributed by atoms with Gasteiger partial charge in [-0.15, -0.1) is 0 Å². The Morgan fingerprint density at radius 1 is 1.16 bits per heavy atom. The molecule has 0 spiro atoms. The summed E-state index contributed by atoms with van der Waals surface area (Å²) in [7, 11) is -3.39. The number of sulfonamides is 1. The highest BCUT2D eigenvalue weighted by atomic mass is 32.2. The minimum atomic E-state index is -3.39. The highest BCUT2D eigenvalue weighted by Crippen LogP contribution is 2.15. The minimum Gasteiger partial charge on any atom is -0.313 e. The van der Waals surface area contributed by atoms with E-state index >= 15 is 0 Å². The Labute approximate surface area is 115 Å². The first kappa shape index (κ1) is 14.2. The molecule has 0 aliphatic heterocycles. The largest absolute Gasteiger partial charge is 0.313 e. The fourth-order valence-electron chi connectivity index (χ4n) is 2.06. The lowest BCUT2D eigenvalue weighted by molar-refractivity contribution is 0.557. The average molecular weight is 280 g/mol. The van der Waals surface area contributed by atoms with Crippen molar-refractivity contribution in [1.29, 1.82) is 0 Å². The molecule has 2 rings (SSSR count). The van der Waals surface area contributed by atoms with Crippen molar-refractivity contribution < 1.29 is 8.42 Å². The molecule has 0 bridgehead atoms. The fraction of sp³-hybridized carbons (Fsp3) is 0.429. The molecule has 0 amide bonds. The summed E-state index contributed by atoms with van der Waals surface area (Å²) >= 11 is 0. The second kappa shape index (κ2) is 6.32. The summed E-state index contributed by atoms with van der Waals surface area (Å²) in [5.41, 5.74) is 1.09. The van der Waals surface area contributed by atoms with E-state index in [1.54, 1.807) is 12.1 Å². The summed E-state index contributed by atoms with van der Waals surface area (Å²) in [6, 6.07) is 7.04. The second-order valence-corrected chi connectivity index (χ2v) is 6.40. The van der Waals surface area contributed by atoms with E-state index in [0.717, 1.165) is 31.5 Å². The molecule has 19 heavy (non-hydrogen) atoms. The van der Waals surface area contributed by atoms with Gasteiger partial charge in [0.2, 0.25) is 10.0 Å². The summed E-state index contributed by atoms with van der Waals surface area (Å²) in [4.78, 5) is 0.333. The van der Waals surface area contributed by atoms with Gasteiger partial charge in [0.1, 0.15) is 0 Å². The van der Waals surface area contributed by atoms with Gasteiger partial charge < -0.3 is 5.32 Å². The zero-order valence-corrected chi connectivity index (χ0v) is 11.9. The highest BCUT2D eigenvalue weighted by molar-refractivity contribution is 7.89. The van der Waals surface area contributed by atoms with Crippen LogP contribution in [0.1, 0.15) is 25.3 Å². The van der Waals surface area contributed by atoms with Gasteiger partial charge in [0.25, 0.3) is 0 Å². The third-order valence-corrected chi connectivity index (χ3v) is 4.68. The maximum atomic E-state index is 12.2. The quantitative estimate of drug-likeness (QED) is 0.781. The van der Waals surface area contributed by atoms with Gasteiger partial charge in [-0.05, 0) is 37.1 Å². The normalized spacial score (nSPS) is 16.1. The van der Waals surface area contributed by atoms with Gasteiger partial charge in [0.05, 0.1) is 4.90 Å². The van der Waals surface area contributed by atoms with Crippen molar-refractivity contribution in [3.8, 4) is 0 Å². The van der Waals surface area contributed by atoms with Crippen LogP contribution < -0.4 is 10.0 Å². The van der Waals surface area contributed by atoms with Crippen LogP contribution in [0.25, 0.3) is 0 Å². The van der Waals surface area contributed by atoms with Crippen LogP contribution in [0.4, 0.5) is 0 Å². The third-order valence-electron chi connectivity index (χ3n) is 3.14. The lowest BCUT2D eigenvalue weighted by Crippen LogP contribution is -2.32. The van der Waals surface area contributed by atoms with Crippen LogP contribution in [0.3, 0.4) is 0 Å². The van der Waals surface area contributed by atoms with Crippen molar-refractivity contribution in [3.05, 3.63) is 42.0 Å². The summed E-state index contributed by atoms with van der Waals surface area (Å²) in [6.45, 7) is 3.70. The van der Waals surface area contributed by atoms with Gasteiger partial charge in [0, 0.05) is 12.6 Å². The minimum absolute atomic E-state index is 0.00596. The lowest BCUT2D eigenvalue weighted by atomic mass is 10.2. The van der Waals surface area contributed by atoms with Gasteiger partial charge >= 0.3 is 0 Å². The smallest absolute Gasteiger partial charge is 0.240 e. The number of hydrogen-bond acceptors (Lipinski definition) is 3. The van der Waals surface area contributed by atoms with Gasteiger partial charge in [-0.25, -0.2) is 13.1 Å². The predicted octanol–water partition coefficient (Wildman–Crippen LogP) is 1.79. The van der Waals surface area contributed by atoms with Crippen LogP contribution in [0.5, 0.6) is 0 Å². The molecule has 0 radical (unpaired) electrons. The molecule has 0 aromatic heterocycles. The van der Waals surface area contributed by atoms with E-state index in [0.29, 0.717) is 4.90 Å². The van der Waals surface area contributed by atoms with E-state index in [-0.39, 0.29) is 6.04 Å². The van der Waals surface area contributed by atoms with Crippen LogP contribution >= 0.6 is 0 Å². The lowest BCUT2D eigenvalue weighted by Gasteiger charge is -2.13. The molecule has 0 atom stereocenters. The summed E-state index contributed by atoms with van der Waals surface area (Å²) in [5.74, 6) is 0. The molecule has 104 valence electrons. The topological polar surface area (TPSA) is 58.2 Å². The zero-order valence-electron chi connectivity index (χ0n) is 11.1. The molecule has 1 aromatic rings. The molecule has 2 N–H and O–H groups in total. The molecule has 1 aliphatic carbocycles. The molecular formula is C14H20N2O2S. The molecule has 1 aliphatic rings. The van der Waals surface area contributed by atoms with E-state index in [9.17, 15) is 8.42 Å². The average Bonchev–Trinajstić information content (AvgIpc) is 2.89. The molecule has 4 nitrogen and oxygen atoms in total. The van der Waals surface area contributed by atoms with Crippen LogP contribution in [0.15, 0.2) is 41.3 Å². The van der Waals surface area contributed by atoms with Crippen molar-refractivity contribution in [2.24, 2.45) is 0 Å². The Balaban J connectivity index is 2.03. The number of nitrogens with one attached hydrogen (secondary N) is 2. The van der Waals surface area contributed by atoms with E-state index in [1.165, 1.54) is 0 Å². The van der Waals surface area contributed by atoms with Crippen molar-refractivity contribution in [1.82, 2.24) is 10.0 Å². The Hall–Kier alpha value is -1.17. The van der Waals surface area contributed by atoms with Crippen molar-refractivity contribution in [3.63, 3.8) is 0 Å². The Morgan fingerprint density at radius 2 is 1.79 bits per heavy atom. The molecule has 0 heterocycles. The van der Waals surface area contributed by atoms with E-state index < -0.39 is 10.0 Å². The SMILES string of the molecule is CCNCc1ccc(S(=O)(=O)NC2CC=CC2)cc1. The summed E-state index contributed by atoms with van der Waals surface area (Å²) in [5, 5.41) is 3.21. The van der Waals surface area contributed by atoms with Crippen LogP contribution in [0, 0.1) is 0 Å². The van der Waals surface area contributed by atoms with Gasteiger partial charge in [-0.2, -0.15) is 0 Å². The standard InChI is InChI=1S/C14H20N2O2S/c1-2-15-11-12-7-9-14(10-8-12)19(17,18)16-13-5-3-4-6-13/h3-4,7-10,13,15-16H,2,5-6,11H2,1H3. The first-order chi connectivity index (χ1) is 9.12. The fourth-order valence-corrected chi connectivity index (χ4v) is 3.32. The first-order valence-electron chi connectivity index (χ1n) is 6.59. The molecule has 0 saturated carbocycles. The van der Waals surface area contributed by atoms with Crippen molar-refractivity contribution in [2.45, 2.75) is 37.2 Å². The second-order valence-electron chi connectivity index (χ2n) is 4.69. The Morgan fingerprint density at radius 3 is 2.37 bits per heavy atom. The number of benzene rings is 1. The highest BCUT2D eigenvalue weighted by Gasteiger charge is 2.20. The molecule has 0 unspecified atom stereocenters. The van der Waals surface area contributed by atoms with E-state index in [4.69, 9.17) is 0 Å². The number of hydrogen-bond donors (Lipinski definition) is 2. The maximum absolute atomic E-state index is 12.2. The van der Waals surface area contributed by atoms with Crippen LogP contribution in [-0.4, -0.2) is 21.0 Å². The third kappa shape index (κ3) is 3.89. The number of rotatable bonds is 6. The molecule has 5 heteroatoms. The predicted molar refractivity (Wildman–Crippen MR) is 76.3 cm³/mol. The molecule has 1 aromatic carbocycles.